The van der Waals surface area contributed by atoms with Crippen molar-refractivity contribution in [1.82, 2.24) is 19.7 Å². The highest BCUT2D eigenvalue weighted by atomic mass is 79.9. The molecule has 0 amide bonds. The van der Waals surface area contributed by atoms with Crippen LogP contribution in [0.2, 0.25) is 0 Å². The number of fused-ring (bicyclic) bond motifs is 1. The predicted molar refractivity (Wildman–Crippen MR) is 162 cm³/mol. The van der Waals surface area contributed by atoms with E-state index in [0.717, 1.165) is 4.68 Å². The van der Waals surface area contributed by atoms with Crippen molar-refractivity contribution in [3.63, 3.8) is 0 Å². The van der Waals surface area contributed by atoms with Gasteiger partial charge in [-0.15, -0.1) is 11.3 Å². The number of halogens is 5. The van der Waals surface area contributed by atoms with Crippen LogP contribution in [0, 0.1) is 6.01 Å². The minimum absolute atomic E-state index is 0.0313. The largest absolute Gasteiger partial charge is 0.499 e. The molecule has 4 aromatic heterocycles. The van der Waals surface area contributed by atoms with Crippen molar-refractivity contribution in [1.29, 1.82) is 0 Å². The Labute approximate surface area is 262 Å². The van der Waals surface area contributed by atoms with Gasteiger partial charge in [0, 0.05) is 18.7 Å². The van der Waals surface area contributed by atoms with Crippen LogP contribution in [-0.4, -0.2) is 60.3 Å². The topological polar surface area (TPSA) is 102 Å². The Hall–Kier alpha value is -3.85. The van der Waals surface area contributed by atoms with Crippen molar-refractivity contribution in [3.05, 3.63) is 76.7 Å². The van der Waals surface area contributed by atoms with Gasteiger partial charge in [0.05, 0.1) is 32.4 Å². The number of rotatable bonds is 11. The summed E-state index contributed by atoms with van der Waals surface area (Å²) in [4.78, 5) is 22.7. The Bertz CT molecular complexity index is 1800. The molecule has 4 heterocycles. The van der Waals surface area contributed by atoms with E-state index in [4.69, 9.17) is 18.6 Å². The van der Waals surface area contributed by atoms with Crippen molar-refractivity contribution in [2.45, 2.75) is 37.6 Å². The van der Waals surface area contributed by atoms with Crippen LogP contribution < -0.4 is 9.47 Å². The summed E-state index contributed by atoms with van der Waals surface area (Å²) in [7, 11) is 3.25. The zero-order valence-corrected chi connectivity index (χ0v) is 25.9. The van der Waals surface area contributed by atoms with Crippen molar-refractivity contribution in [3.8, 4) is 22.3 Å². The molecule has 17 heteroatoms. The molecule has 5 aromatic rings. The van der Waals surface area contributed by atoms with Gasteiger partial charge in [0.15, 0.2) is 15.7 Å². The molecular weight excluding hydrogens is 670 g/mol. The van der Waals surface area contributed by atoms with Crippen molar-refractivity contribution in [2.75, 3.05) is 6.61 Å². The first-order valence-electron chi connectivity index (χ1n) is 13.2. The standard InChI is InChI=1S/C27H23B2BrF4N4O5S/c1-2-40-25(39)17(42-23-20-21(30)22(16-7-8-19(31)41-16)44-24(20)36-13-35-23)11-14-5-3-4-6-15(14)43-27(28,29)18-9-10-37-38(18)12-26(32,33)34/h3-10,13,17H,2,11-12,28-29H2,1H3. The quantitative estimate of drug-likeness (QED) is 0.112. The summed E-state index contributed by atoms with van der Waals surface area (Å²) in [5.74, 6) is -0.00197. The van der Waals surface area contributed by atoms with Gasteiger partial charge in [0.25, 0.3) is 6.01 Å². The molecule has 0 saturated carbocycles. The second kappa shape index (κ2) is 12.6. The molecule has 5 rings (SSSR count). The lowest BCUT2D eigenvalue weighted by Gasteiger charge is -2.30. The van der Waals surface area contributed by atoms with Gasteiger partial charge in [-0.2, -0.15) is 22.7 Å². The van der Waals surface area contributed by atoms with Crippen LogP contribution in [0.5, 0.6) is 11.6 Å². The Kier molecular flexibility index (Phi) is 9.07. The number of furan rings is 1. The molecule has 1 aromatic carbocycles. The number of carbonyl (C=O) groups excluding carboxylic acids is 1. The number of thiophene rings is 1. The minimum Gasteiger partial charge on any atom is -0.499 e. The number of hydrogen-bond acceptors (Lipinski definition) is 9. The van der Waals surface area contributed by atoms with E-state index >= 15 is 0 Å². The summed E-state index contributed by atoms with van der Waals surface area (Å²) in [6.07, 6.45) is -3.15. The maximum atomic E-state index is 13.6. The molecule has 0 aliphatic heterocycles. The average Bonchev–Trinajstić information content (AvgIpc) is 3.68. The highest BCUT2D eigenvalue weighted by Crippen LogP contribution is 2.45. The maximum Gasteiger partial charge on any atom is 0.408 e. The van der Waals surface area contributed by atoms with Gasteiger partial charge < -0.3 is 18.6 Å². The summed E-state index contributed by atoms with van der Waals surface area (Å²) < 4.78 is 77.3. The molecule has 0 N–H and O–H groups in total. The molecule has 1 atom stereocenters. The Balaban J connectivity index is 1.46. The lowest BCUT2D eigenvalue weighted by Crippen LogP contribution is -2.38. The summed E-state index contributed by atoms with van der Waals surface area (Å²) in [6.45, 7) is 0.471. The molecule has 0 radical (unpaired) electrons. The predicted octanol–water partition coefficient (Wildman–Crippen LogP) is 4.62. The molecule has 0 bridgehead atoms. The van der Waals surface area contributed by atoms with Crippen LogP contribution in [0.25, 0.3) is 20.9 Å². The van der Waals surface area contributed by atoms with Gasteiger partial charge in [-0.3, -0.25) is 4.68 Å². The molecule has 0 saturated heterocycles. The van der Waals surface area contributed by atoms with Crippen LogP contribution in [0.4, 0.5) is 17.6 Å². The van der Waals surface area contributed by atoms with Gasteiger partial charge >= 0.3 is 12.1 Å². The number of alkyl halides is 3. The number of benzene rings is 1. The zero-order chi connectivity index (χ0) is 31.6. The van der Waals surface area contributed by atoms with E-state index in [9.17, 15) is 22.4 Å². The monoisotopic (exact) mass is 692 g/mol. The first-order chi connectivity index (χ1) is 20.9. The van der Waals surface area contributed by atoms with E-state index in [1.54, 1.807) is 46.9 Å². The first-order valence-corrected chi connectivity index (χ1v) is 14.8. The van der Waals surface area contributed by atoms with E-state index in [-0.39, 0.29) is 30.4 Å². The number of aromatic nitrogens is 4. The van der Waals surface area contributed by atoms with Crippen LogP contribution in [0.3, 0.4) is 0 Å². The summed E-state index contributed by atoms with van der Waals surface area (Å²) in [6, 6.07) is 10.2. The number of hydrogen-bond donors (Lipinski definition) is 0. The summed E-state index contributed by atoms with van der Waals surface area (Å²) in [5, 5.41) is 3.03. The highest BCUT2D eigenvalue weighted by Gasteiger charge is 2.35. The summed E-state index contributed by atoms with van der Waals surface area (Å²) in [5.41, 5.74) is 0.739. The van der Waals surface area contributed by atoms with Gasteiger partial charge in [0.2, 0.25) is 12.0 Å². The first kappa shape index (κ1) is 31.6. The lowest BCUT2D eigenvalue weighted by molar-refractivity contribution is -0.151. The van der Waals surface area contributed by atoms with Gasteiger partial charge in [0.1, 0.15) is 29.2 Å². The molecule has 228 valence electrons. The number of nitrogens with zero attached hydrogens (tertiary/aromatic N) is 4. The minimum atomic E-state index is -4.47. The lowest BCUT2D eigenvalue weighted by atomic mass is 9.63. The number of ether oxygens (including phenoxy) is 3. The fourth-order valence-corrected chi connectivity index (χ4v) is 6.45. The third kappa shape index (κ3) is 6.93. The molecule has 0 aliphatic carbocycles. The Morgan fingerprint density at radius 2 is 1.93 bits per heavy atom. The van der Waals surface area contributed by atoms with Crippen molar-refractivity contribution in [2.24, 2.45) is 0 Å². The number of carbonyl (C=O) groups is 1. The number of esters is 1. The zero-order valence-electron chi connectivity index (χ0n) is 23.5. The average molecular weight is 693 g/mol. The third-order valence-electron chi connectivity index (χ3n) is 6.40. The van der Waals surface area contributed by atoms with Gasteiger partial charge in [-0.05, 0) is 46.6 Å². The summed E-state index contributed by atoms with van der Waals surface area (Å²) >= 11 is 4.73. The van der Waals surface area contributed by atoms with E-state index in [2.05, 4.69) is 31.0 Å². The molecule has 0 fully saturated rings. The van der Waals surface area contributed by atoms with Crippen molar-refractivity contribution < 1.29 is 41.0 Å². The molecule has 1 unspecified atom stereocenters. The Morgan fingerprint density at radius 3 is 2.64 bits per heavy atom. The van der Waals surface area contributed by atoms with Crippen LogP contribution in [0.15, 0.2) is 63.9 Å². The normalized spacial score (nSPS) is 12.8. The molecular formula is C27H23B2BrF4N4O5S. The van der Waals surface area contributed by atoms with Crippen LogP contribution >= 0.6 is 27.3 Å². The SMILES string of the molecule is BC(B)(Oc1ccccc1CC(Oc1ncnc2sc(-c3ccc(F)o3)c(Br)c12)C(=O)OCC)c1ccnn1CC(F)(F)F. The second-order valence-corrected chi connectivity index (χ2v) is 11.8. The van der Waals surface area contributed by atoms with Crippen molar-refractivity contribution >= 4 is 59.1 Å². The molecule has 44 heavy (non-hydrogen) atoms. The van der Waals surface area contributed by atoms with Gasteiger partial charge in [-0.25, -0.2) is 14.8 Å². The van der Waals surface area contributed by atoms with Crippen LogP contribution in [0.1, 0.15) is 18.2 Å². The second-order valence-electron chi connectivity index (χ2n) is 9.98. The van der Waals surface area contributed by atoms with E-state index < -0.39 is 36.2 Å². The molecule has 0 aliphatic rings. The Morgan fingerprint density at radius 1 is 1.16 bits per heavy atom. The van der Waals surface area contributed by atoms with E-state index in [1.165, 1.54) is 42.1 Å². The maximum absolute atomic E-state index is 13.6. The third-order valence-corrected chi connectivity index (χ3v) is 8.57. The van der Waals surface area contributed by atoms with E-state index in [0.29, 0.717) is 30.9 Å². The highest BCUT2D eigenvalue weighted by molar-refractivity contribution is 9.10. The number of para-hydroxylation sites is 1. The smallest absolute Gasteiger partial charge is 0.408 e. The fourth-order valence-electron chi connectivity index (χ4n) is 4.54. The van der Waals surface area contributed by atoms with Crippen LogP contribution in [-0.2, 0) is 27.9 Å². The fraction of sp³-hybridized carbons (Fsp3) is 0.259. The van der Waals surface area contributed by atoms with E-state index in [1.807, 2.05) is 0 Å². The van der Waals surface area contributed by atoms with Gasteiger partial charge in [-0.1, -0.05) is 18.2 Å². The molecule has 9 nitrogen and oxygen atoms in total. The molecule has 0 spiro atoms.